The molecule has 1 aromatic carbocycles. The lowest BCUT2D eigenvalue weighted by Crippen LogP contribution is -2.43. The fourth-order valence-corrected chi connectivity index (χ4v) is 3.42. The van der Waals surface area contributed by atoms with Gasteiger partial charge >= 0.3 is 17.3 Å². The van der Waals surface area contributed by atoms with Crippen molar-refractivity contribution in [1.29, 1.82) is 0 Å². The molecule has 0 saturated carbocycles. The maximum absolute atomic E-state index is 14.6. The Hall–Kier alpha value is -2.44. The normalized spacial score (nSPS) is 11.8. The van der Waals surface area contributed by atoms with E-state index in [4.69, 9.17) is 33.3 Å². The van der Waals surface area contributed by atoms with Crippen molar-refractivity contribution < 1.29 is 23.5 Å². The van der Waals surface area contributed by atoms with Crippen molar-refractivity contribution in [3.63, 3.8) is 0 Å². The molecule has 0 aliphatic heterocycles. The predicted octanol–water partition coefficient (Wildman–Crippen LogP) is 1.99. The maximum atomic E-state index is 14.6. The zero-order chi connectivity index (χ0) is 23.5. The highest BCUT2D eigenvalue weighted by Crippen LogP contribution is 2.30. The maximum Gasteiger partial charge on any atom is 0.338 e. The summed E-state index contributed by atoms with van der Waals surface area (Å²) in [7, 11) is 2.68. The third-order valence-corrected chi connectivity index (χ3v) is 5.89. The lowest BCUT2D eigenvalue weighted by atomic mass is 10.2. The molecule has 31 heavy (non-hydrogen) atoms. The first kappa shape index (κ1) is 24.8. The Bertz CT molecular complexity index is 1170. The van der Waals surface area contributed by atoms with E-state index in [1.54, 1.807) is 6.92 Å². The molecule has 1 atom stereocenters. The highest BCUT2D eigenvalue weighted by atomic mass is 35.5. The van der Waals surface area contributed by atoms with Crippen LogP contribution in [0.25, 0.3) is 5.69 Å². The van der Waals surface area contributed by atoms with Crippen LogP contribution in [0, 0.1) is 10.6 Å². The summed E-state index contributed by atoms with van der Waals surface area (Å²) in [6.07, 6.45) is -1.07. The number of halogens is 2. The Kier molecular flexibility index (Phi) is 8.21. The molecule has 2 rings (SSSR count). The van der Waals surface area contributed by atoms with Crippen LogP contribution in [0.2, 0.25) is 5.02 Å². The van der Waals surface area contributed by atoms with E-state index in [9.17, 15) is 23.6 Å². The van der Waals surface area contributed by atoms with E-state index >= 15 is 0 Å². The van der Waals surface area contributed by atoms with Gasteiger partial charge in [-0.3, -0.25) is 18.7 Å². The van der Waals surface area contributed by atoms with E-state index in [1.165, 1.54) is 21.0 Å². The second-order valence-corrected chi connectivity index (χ2v) is 7.96. The second-order valence-electron chi connectivity index (χ2n) is 6.21. The lowest BCUT2D eigenvalue weighted by molar-refractivity contribution is -0.140. The van der Waals surface area contributed by atoms with Gasteiger partial charge in [0, 0.05) is 20.2 Å². The van der Waals surface area contributed by atoms with Crippen LogP contribution in [0.3, 0.4) is 0 Å². The van der Waals surface area contributed by atoms with Crippen LogP contribution in [0.5, 0.6) is 5.75 Å². The van der Waals surface area contributed by atoms with Crippen LogP contribution >= 0.6 is 35.6 Å². The average molecular weight is 492 g/mol. The number of rotatable bonds is 7. The number of hydrogen-bond donors (Lipinski definition) is 0. The first-order valence-corrected chi connectivity index (χ1v) is 10.6. The molecule has 1 heterocycles. The van der Waals surface area contributed by atoms with Gasteiger partial charge in [0.1, 0.15) is 11.6 Å². The molecule has 0 N–H and O–H groups in total. The number of nitrogens with zero attached hydrogens (tertiary/aromatic N) is 3. The molecule has 0 bridgehead atoms. The summed E-state index contributed by atoms with van der Waals surface area (Å²) in [5.41, 5.74) is -2.15. The van der Waals surface area contributed by atoms with Gasteiger partial charge in [-0.1, -0.05) is 23.4 Å². The summed E-state index contributed by atoms with van der Waals surface area (Å²) in [5.74, 6) is -1.83. The fraction of sp³-hybridized carbons (Fsp3) is 0.389. The van der Waals surface area contributed by atoms with Crippen molar-refractivity contribution >= 4 is 46.7 Å². The van der Waals surface area contributed by atoms with Gasteiger partial charge in [-0.2, -0.15) is 0 Å². The third-order valence-electron chi connectivity index (χ3n) is 4.05. The van der Waals surface area contributed by atoms with E-state index < -0.39 is 40.1 Å². The van der Waals surface area contributed by atoms with Gasteiger partial charge in [-0.05, 0) is 32.1 Å². The first-order chi connectivity index (χ1) is 14.5. The number of aromatic nitrogens is 3. The Morgan fingerprint density at radius 3 is 2.35 bits per heavy atom. The molecule has 13 heteroatoms. The summed E-state index contributed by atoms with van der Waals surface area (Å²) in [5, 5.41) is -0.671. The number of carbonyl (C=O) groups is 2. The number of esters is 1. The molecule has 9 nitrogen and oxygen atoms in total. The number of hydrogen-bond acceptors (Lipinski definition) is 8. The summed E-state index contributed by atoms with van der Waals surface area (Å²) >= 11 is 11.7. The van der Waals surface area contributed by atoms with E-state index in [0.717, 1.165) is 21.3 Å². The average Bonchev–Trinajstić information content (AvgIpc) is 2.72. The van der Waals surface area contributed by atoms with E-state index in [0.29, 0.717) is 16.3 Å². The smallest absolute Gasteiger partial charge is 0.338 e. The second kappa shape index (κ2) is 10.2. The molecule has 168 valence electrons. The SMILES string of the molecule is CCOC(=O)CSC(=O)C(C)Oc1cc(-n2c(=O)n(C)c(=S)n(C)c2=O)c(F)cc1Cl. The summed E-state index contributed by atoms with van der Waals surface area (Å²) in [4.78, 5) is 48.7. The van der Waals surface area contributed by atoms with Crippen molar-refractivity contribution in [3.05, 3.63) is 48.7 Å². The van der Waals surface area contributed by atoms with Crippen LogP contribution in [-0.4, -0.2) is 43.2 Å². The van der Waals surface area contributed by atoms with Crippen molar-refractivity contribution in [3.8, 4) is 11.4 Å². The quantitative estimate of drug-likeness (QED) is 0.428. The number of thioether (sulfide) groups is 1. The molecule has 0 saturated heterocycles. The van der Waals surface area contributed by atoms with E-state index in [-0.39, 0.29) is 27.9 Å². The van der Waals surface area contributed by atoms with Gasteiger partial charge in [0.05, 0.1) is 23.1 Å². The topological polar surface area (TPSA) is 102 Å². The minimum Gasteiger partial charge on any atom is -0.480 e. The van der Waals surface area contributed by atoms with Gasteiger partial charge in [0.2, 0.25) is 5.12 Å². The molecule has 0 amide bonds. The zero-order valence-corrected chi connectivity index (χ0v) is 19.4. The van der Waals surface area contributed by atoms with Gasteiger partial charge in [0.15, 0.2) is 10.9 Å². The van der Waals surface area contributed by atoms with Crippen molar-refractivity contribution in [2.24, 2.45) is 14.1 Å². The highest BCUT2D eigenvalue weighted by Gasteiger charge is 2.22. The van der Waals surface area contributed by atoms with Crippen LogP contribution in [0.4, 0.5) is 4.39 Å². The molecule has 0 aliphatic carbocycles. The Morgan fingerprint density at radius 1 is 1.23 bits per heavy atom. The Labute approximate surface area is 190 Å². The largest absolute Gasteiger partial charge is 0.480 e. The summed E-state index contributed by atoms with van der Waals surface area (Å²) in [6, 6.07) is 1.91. The predicted molar refractivity (Wildman–Crippen MR) is 116 cm³/mol. The first-order valence-electron chi connectivity index (χ1n) is 8.87. The summed E-state index contributed by atoms with van der Waals surface area (Å²) < 4.78 is 27.4. The van der Waals surface area contributed by atoms with Crippen molar-refractivity contribution in [2.75, 3.05) is 12.4 Å². The Morgan fingerprint density at radius 2 is 1.81 bits per heavy atom. The monoisotopic (exact) mass is 491 g/mol. The fourth-order valence-electron chi connectivity index (χ4n) is 2.45. The minimum absolute atomic E-state index is 0.0464. The molecule has 0 fully saturated rings. The lowest BCUT2D eigenvalue weighted by Gasteiger charge is -2.17. The number of carbonyl (C=O) groups excluding carboxylic acids is 2. The molecule has 2 aromatic rings. The van der Waals surface area contributed by atoms with Crippen LogP contribution in [-0.2, 0) is 28.4 Å². The highest BCUT2D eigenvalue weighted by molar-refractivity contribution is 8.14. The zero-order valence-electron chi connectivity index (χ0n) is 17.0. The van der Waals surface area contributed by atoms with Crippen molar-refractivity contribution in [1.82, 2.24) is 13.7 Å². The van der Waals surface area contributed by atoms with E-state index in [2.05, 4.69) is 0 Å². The Balaban J connectivity index is 2.40. The van der Waals surface area contributed by atoms with Gasteiger partial charge in [-0.15, -0.1) is 0 Å². The molecule has 0 radical (unpaired) electrons. The van der Waals surface area contributed by atoms with Gasteiger partial charge in [0.25, 0.3) is 0 Å². The van der Waals surface area contributed by atoms with E-state index in [1.807, 2.05) is 0 Å². The minimum atomic E-state index is -1.07. The molecule has 0 aliphatic rings. The standard InChI is InChI=1S/C18H19ClFN3O6S2/c1-5-28-14(24)8-31-15(25)9(2)29-13-7-12(11(20)6-10(13)19)23-16(26)21(3)18(30)22(4)17(23)27/h6-7,9H,5,8H2,1-4H3. The molecular weight excluding hydrogens is 473 g/mol. The van der Waals surface area contributed by atoms with Gasteiger partial charge < -0.3 is 9.47 Å². The van der Waals surface area contributed by atoms with Crippen molar-refractivity contribution in [2.45, 2.75) is 20.0 Å². The molecule has 1 aromatic heterocycles. The molecular formula is C18H19ClFN3O6S2. The number of benzene rings is 1. The van der Waals surface area contributed by atoms with Crippen LogP contribution < -0.4 is 16.1 Å². The van der Waals surface area contributed by atoms with Crippen LogP contribution in [0.15, 0.2) is 21.7 Å². The van der Waals surface area contributed by atoms with Crippen LogP contribution in [0.1, 0.15) is 13.8 Å². The molecule has 1 unspecified atom stereocenters. The summed E-state index contributed by atoms with van der Waals surface area (Å²) in [6.45, 7) is 3.25. The molecule has 0 spiro atoms. The third kappa shape index (κ3) is 5.43. The van der Waals surface area contributed by atoms with Gasteiger partial charge in [-0.25, -0.2) is 18.5 Å². The number of ether oxygens (including phenoxy) is 2.